The summed E-state index contributed by atoms with van der Waals surface area (Å²) in [6.45, 7) is 0.362. The second-order valence-corrected chi connectivity index (χ2v) is 3.97. The average molecular weight is 224 g/mol. The van der Waals surface area contributed by atoms with Gasteiger partial charge in [0.1, 0.15) is 5.04 Å². The van der Waals surface area contributed by atoms with Crippen molar-refractivity contribution in [3.63, 3.8) is 0 Å². The van der Waals surface area contributed by atoms with Crippen molar-refractivity contribution in [3.8, 4) is 0 Å². The van der Waals surface area contributed by atoms with Crippen molar-refractivity contribution >= 4 is 23.0 Å². The summed E-state index contributed by atoms with van der Waals surface area (Å²) in [4.78, 5) is 18.5. The monoisotopic (exact) mass is 224 g/mol. The van der Waals surface area contributed by atoms with E-state index in [-0.39, 0.29) is 0 Å². The molecule has 0 saturated heterocycles. The van der Waals surface area contributed by atoms with Gasteiger partial charge in [0.25, 0.3) is 0 Å². The number of thioether (sulfide) groups is 1. The van der Waals surface area contributed by atoms with Crippen molar-refractivity contribution in [3.05, 3.63) is 30.1 Å². The van der Waals surface area contributed by atoms with Crippen molar-refractivity contribution in [1.29, 1.82) is 0 Å². The van der Waals surface area contributed by atoms with E-state index < -0.39 is 11.6 Å². The van der Waals surface area contributed by atoms with Crippen molar-refractivity contribution in [2.75, 3.05) is 6.54 Å². The molecule has 1 aliphatic rings. The second kappa shape index (κ2) is 4.31. The van der Waals surface area contributed by atoms with Crippen LogP contribution in [-0.4, -0.2) is 33.3 Å². The standard InChI is InChI=1S/C9H8N2O3S/c12-9(13)14-7-5-11-8(15-7)6-2-1-3-10-4-6/h1-4,7H,5H2,(H,12,13)/t7-/m1/s1. The smallest absolute Gasteiger partial charge is 0.450 e. The van der Waals surface area contributed by atoms with E-state index in [0.717, 1.165) is 10.6 Å². The van der Waals surface area contributed by atoms with E-state index >= 15 is 0 Å². The van der Waals surface area contributed by atoms with Crippen LogP contribution in [0.4, 0.5) is 4.79 Å². The SMILES string of the molecule is O=C(O)O[C@H]1CN=C(c2cccnc2)S1. The summed E-state index contributed by atoms with van der Waals surface area (Å²) in [6.07, 6.45) is 2.10. The molecule has 78 valence electrons. The first-order valence-corrected chi connectivity index (χ1v) is 5.15. The van der Waals surface area contributed by atoms with Crippen LogP contribution in [-0.2, 0) is 4.74 Å². The molecular formula is C9H8N2O3S. The van der Waals surface area contributed by atoms with E-state index in [9.17, 15) is 4.79 Å². The van der Waals surface area contributed by atoms with Gasteiger partial charge >= 0.3 is 6.16 Å². The zero-order valence-electron chi connectivity index (χ0n) is 7.66. The molecule has 6 heteroatoms. The number of carbonyl (C=O) groups is 1. The van der Waals surface area contributed by atoms with Crippen LogP contribution in [0, 0.1) is 0 Å². The number of aromatic nitrogens is 1. The Morgan fingerprint density at radius 3 is 3.20 bits per heavy atom. The lowest BCUT2D eigenvalue weighted by Crippen LogP contribution is -2.13. The molecule has 1 aromatic rings. The molecule has 15 heavy (non-hydrogen) atoms. The molecule has 0 bridgehead atoms. The molecule has 1 atom stereocenters. The summed E-state index contributed by atoms with van der Waals surface area (Å²) in [5, 5.41) is 9.20. The Morgan fingerprint density at radius 2 is 2.53 bits per heavy atom. The van der Waals surface area contributed by atoms with Crippen molar-refractivity contribution < 1.29 is 14.6 Å². The quantitative estimate of drug-likeness (QED) is 0.772. The van der Waals surface area contributed by atoms with Crippen LogP contribution in [0.1, 0.15) is 5.56 Å². The summed E-state index contributed by atoms with van der Waals surface area (Å²) < 4.78 is 4.61. The maximum atomic E-state index is 10.3. The average Bonchev–Trinajstić information content (AvgIpc) is 2.67. The fourth-order valence-corrected chi connectivity index (χ4v) is 2.11. The summed E-state index contributed by atoms with van der Waals surface area (Å²) in [5.74, 6) is 0. The maximum absolute atomic E-state index is 10.3. The van der Waals surface area contributed by atoms with Crippen LogP contribution >= 0.6 is 11.8 Å². The fraction of sp³-hybridized carbons (Fsp3) is 0.222. The third kappa shape index (κ3) is 2.47. The van der Waals surface area contributed by atoms with Gasteiger partial charge in [-0.15, -0.1) is 0 Å². The highest BCUT2D eigenvalue weighted by Gasteiger charge is 2.23. The van der Waals surface area contributed by atoms with Gasteiger partial charge in [-0.2, -0.15) is 0 Å². The van der Waals surface area contributed by atoms with Crippen LogP contribution in [0.5, 0.6) is 0 Å². The van der Waals surface area contributed by atoms with Gasteiger partial charge in [0.2, 0.25) is 0 Å². The van der Waals surface area contributed by atoms with Crippen molar-refractivity contribution in [1.82, 2.24) is 4.98 Å². The molecule has 1 N–H and O–H groups in total. The lowest BCUT2D eigenvalue weighted by atomic mass is 10.3. The highest BCUT2D eigenvalue weighted by molar-refractivity contribution is 8.15. The molecule has 0 amide bonds. The van der Waals surface area contributed by atoms with Gasteiger partial charge in [0.05, 0.1) is 6.54 Å². The van der Waals surface area contributed by atoms with Crippen LogP contribution in [0.15, 0.2) is 29.5 Å². The molecule has 0 unspecified atom stereocenters. The van der Waals surface area contributed by atoms with E-state index in [0.29, 0.717) is 6.54 Å². The molecule has 0 aromatic carbocycles. The largest absolute Gasteiger partial charge is 0.506 e. The molecule has 0 radical (unpaired) electrons. The third-order valence-corrected chi connectivity index (χ3v) is 2.86. The summed E-state index contributed by atoms with van der Waals surface area (Å²) in [5.41, 5.74) is 0.455. The lowest BCUT2D eigenvalue weighted by molar-refractivity contribution is 0.0854. The molecule has 0 spiro atoms. The Labute approximate surface area is 90.2 Å². The van der Waals surface area contributed by atoms with E-state index in [1.54, 1.807) is 12.4 Å². The first kappa shape index (κ1) is 9.97. The first-order chi connectivity index (χ1) is 7.25. The predicted molar refractivity (Wildman–Crippen MR) is 56.1 cm³/mol. The number of pyridine rings is 1. The molecule has 1 aromatic heterocycles. The molecule has 2 heterocycles. The number of hydrogen-bond acceptors (Lipinski definition) is 5. The number of nitrogens with zero attached hydrogens (tertiary/aromatic N) is 2. The molecule has 0 saturated carbocycles. The number of ether oxygens (including phenoxy) is 1. The van der Waals surface area contributed by atoms with Crippen LogP contribution in [0.2, 0.25) is 0 Å². The second-order valence-electron chi connectivity index (χ2n) is 2.82. The molecule has 0 aliphatic carbocycles. The number of rotatable bonds is 2. The topological polar surface area (TPSA) is 71.8 Å². The highest BCUT2D eigenvalue weighted by atomic mass is 32.2. The van der Waals surface area contributed by atoms with E-state index in [1.807, 2.05) is 12.1 Å². The number of hydrogen-bond donors (Lipinski definition) is 1. The van der Waals surface area contributed by atoms with Gasteiger partial charge in [-0.1, -0.05) is 11.8 Å². The van der Waals surface area contributed by atoms with Crippen molar-refractivity contribution in [2.45, 2.75) is 5.44 Å². The Hall–Kier alpha value is -1.56. The van der Waals surface area contributed by atoms with Crippen LogP contribution in [0.3, 0.4) is 0 Å². The minimum Gasteiger partial charge on any atom is -0.450 e. The zero-order chi connectivity index (χ0) is 10.7. The zero-order valence-corrected chi connectivity index (χ0v) is 8.48. The van der Waals surface area contributed by atoms with E-state index in [2.05, 4.69) is 14.7 Å². The minimum atomic E-state index is -1.27. The van der Waals surface area contributed by atoms with E-state index in [1.165, 1.54) is 11.8 Å². The Kier molecular flexibility index (Phi) is 2.86. The molecule has 5 nitrogen and oxygen atoms in total. The van der Waals surface area contributed by atoms with Gasteiger partial charge in [-0.25, -0.2) is 4.79 Å². The summed E-state index contributed by atoms with van der Waals surface area (Å²) in [7, 11) is 0. The van der Waals surface area contributed by atoms with Gasteiger partial charge in [0.15, 0.2) is 5.44 Å². The normalized spacial score (nSPS) is 19.7. The predicted octanol–water partition coefficient (Wildman–Crippen LogP) is 1.60. The van der Waals surface area contributed by atoms with Crippen molar-refractivity contribution in [2.24, 2.45) is 4.99 Å². The third-order valence-electron chi connectivity index (χ3n) is 1.77. The molecule has 0 fully saturated rings. The van der Waals surface area contributed by atoms with Crippen LogP contribution in [0.25, 0.3) is 0 Å². The van der Waals surface area contributed by atoms with Gasteiger partial charge in [-0.05, 0) is 12.1 Å². The van der Waals surface area contributed by atoms with Crippen LogP contribution < -0.4 is 0 Å². The first-order valence-electron chi connectivity index (χ1n) is 4.27. The minimum absolute atomic E-state index is 0.362. The number of aliphatic imine (C=N–C) groups is 1. The summed E-state index contributed by atoms with van der Waals surface area (Å²) >= 11 is 1.30. The molecule has 1 aliphatic heterocycles. The Bertz CT molecular complexity index is 394. The Morgan fingerprint density at radius 1 is 1.67 bits per heavy atom. The Balaban J connectivity index is 2.01. The van der Waals surface area contributed by atoms with E-state index in [4.69, 9.17) is 5.11 Å². The summed E-state index contributed by atoms with van der Waals surface area (Å²) in [6, 6.07) is 3.69. The van der Waals surface area contributed by atoms with Gasteiger partial charge in [0, 0.05) is 18.0 Å². The maximum Gasteiger partial charge on any atom is 0.506 e. The van der Waals surface area contributed by atoms with Gasteiger partial charge < -0.3 is 9.84 Å². The molecule has 2 rings (SSSR count). The fourth-order valence-electron chi connectivity index (χ4n) is 1.18. The number of carboxylic acid groups (broad SMARTS) is 1. The molecular weight excluding hydrogens is 216 g/mol. The lowest BCUT2D eigenvalue weighted by Gasteiger charge is -2.06. The van der Waals surface area contributed by atoms with Gasteiger partial charge in [-0.3, -0.25) is 9.98 Å². The highest BCUT2D eigenvalue weighted by Crippen LogP contribution is 2.26.